The third-order valence-electron chi connectivity index (χ3n) is 1.60. The van der Waals surface area contributed by atoms with Crippen molar-refractivity contribution in [2.24, 2.45) is 7.05 Å². The Balaban J connectivity index is 3.24. The molecule has 0 unspecified atom stereocenters. The summed E-state index contributed by atoms with van der Waals surface area (Å²) in [5.74, 6) is -0.0194. The van der Waals surface area contributed by atoms with Crippen LogP contribution in [0.1, 0.15) is 23.1 Å². The van der Waals surface area contributed by atoms with Crippen LogP contribution in [0.5, 0.6) is 0 Å². The molecule has 0 aliphatic heterocycles. The lowest BCUT2D eigenvalue weighted by Crippen LogP contribution is -2.02. The van der Waals surface area contributed by atoms with Crippen LogP contribution in [0, 0.1) is 11.3 Å². The number of nitrogens with zero attached hydrogens (tertiary/aromatic N) is 2. The zero-order chi connectivity index (χ0) is 8.43. The van der Waals surface area contributed by atoms with Crippen molar-refractivity contribution < 1.29 is 4.79 Å². The van der Waals surface area contributed by atoms with Gasteiger partial charge in [-0.05, 0) is 12.1 Å². The lowest BCUT2D eigenvalue weighted by Gasteiger charge is -1.97. The summed E-state index contributed by atoms with van der Waals surface area (Å²) in [5.41, 5.74) is 1.08. The summed E-state index contributed by atoms with van der Waals surface area (Å²) in [6.45, 7) is 1.48. The van der Waals surface area contributed by atoms with Crippen molar-refractivity contribution in [3.8, 4) is 6.07 Å². The van der Waals surface area contributed by atoms with Gasteiger partial charge in [0.15, 0.2) is 5.78 Å². The Kier molecular flexibility index (Phi) is 1.77. The topological polar surface area (TPSA) is 45.8 Å². The van der Waals surface area contributed by atoms with E-state index in [1.807, 2.05) is 6.07 Å². The minimum atomic E-state index is -0.0194. The van der Waals surface area contributed by atoms with Crippen molar-refractivity contribution in [2.75, 3.05) is 0 Å². The molecule has 0 radical (unpaired) electrons. The maximum Gasteiger partial charge on any atom is 0.176 e. The average molecular weight is 148 g/mol. The summed E-state index contributed by atoms with van der Waals surface area (Å²) in [5, 5.41) is 8.53. The lowest BCUT2D eigenvalue weighted by atomic mass is 10.3. The molecule has 0 N–H and O–H groups in total. The molecule has 11 heavy (non-hydrogen) atoms. The van der Waals surface area contributed by atoms with Crippen molar-refractivity contribution in [3.05, 3.63) is 23.5 Å². The fourth-order valence-corrected chi connectivity index (χ4v) is 0.977. The Morgan fingerprint density at radius 2 is 2.27 bits per heavy atom. The number of hydrogen-bond donors (Lipinski definition) is 0. The first kappa shape index (κ1) is 7.55. The number of aromatic nitrogens is 1. The Bertz CT molecular complexity index is 330. The molecular formula is C8H8N2O. The van der Waals surface area contributed by atoms with Crippen LogP contribution >= 0.6 is 0 Å². The molecule has 0 atom stereocenters. The van der Waals surface area contributed by atoms with Crippen LogP contribution in [0.4, 0.5) is 0 Å². The quantitative estimate of drug-likeness (QED) is 0.560. The molecule has 1 heterocycles. The Morgan fingerprint density at radius 1 is 1.64 bits per heavy atom. The molecule has 1 rings (SSSR count). The predicted octanol–water partition coefficient (Wildman–Crippen LogP) is 1.10. The van der Waals surface area contributed by atoms with Gasteiger partial charge in [-0.1, -0.05) is 0 Å². The molecule has 0 saturated carbocycles. The molecule has 0 aromatic carbocycles. The first-order valence-corrected chi connectivity index (χ1v) is 3.23. The lowest BCUT2D eigenvalue weighted by molar-refractivity contribution is 0.101. The second kappa shape index (κ2) is 2.59. The van der Waals surface area contributed by atoms with Gasteiger partial charge in [-0.3, -0.25) is 4.79 Å². The summed E-state index contributed by atoms with van der Waals surface area (Å²) in [4.78, 5) is 10.9. The van der Waals surface area contributed by atoms with Gasteiger partial charge in [0.05, 0.1) is 5.69 Å². The zero-order valence-electron chi connectivity index (χ0n) is 6.46. The third kappa shape index (κ3) is 1.15. The van der Waals surface area contributed by atoms with E-state index in [0.29, 0.717) is 11.4 Å². The summed E-state index contributed by atoms with van der Waals surface area (Å²) in [6, 6.07) is 5.27. The van der Waals surface area contributed by atoms with Gasteiger partial charge in [0, 0.05) is 14.0 Å². The van der Waals surface area contributed by atoms with Crippen LogP contribution in [-0.2, 0) is 7.05 Å². The van der Waals surface area contributed by atoms with Gasteiger partial charge >= 0.3 is 0 Å². The highest BCUT2D eigenvalue weighted by Crippen LogP contribution is 2.05. The second-order valence-corrected chi connectivity index (χ2v) is 2.33. The molecule has 56 valence electrons. The monoisotopic (exact) mass is 148 g/mol. The highest BCUT2D eigenvalue weighted by atomic mass is 16.1. The maximum absolute atomic E-state index is 10.9. The van der Waals surface area contributed by atoms with Crippen LogP contribution in [-0.4, -0.2) is 10.4 Å². The minimum absolute atomic E-state index is 0.0194. The van der Waals surface area contributed by atoms with E-state index in [1.165, 1.54) is 6.92 Å². The highest BCUT2D eigenvalue weighted by Gasteiger charge is 2.06. The van der Waals surface area contributed by atoms with E-state index in [0.717, 1.165) is 0 Å². The van der Waals surface area contributed by atoms with Gasteiger partial charge in [0.1, 0.15) is 11.8 Å². The van der Waals surface area contributed by atoms with Gasteiger partial charge in [0.25, 0.3) is 0 Å². The van der Waals surface area contributed by atoms with Gasteiger partial charge in [0.2, 0.25) is 0 Å². The summed E-state index contributed by atoms with van der Waals surface area (Å²) in [6.07, 6.45) is 0. The summed E-state index contributed by atoms with van der Waals surface area (Å²) in [7, 11) is 1.70. The number of hydrogen-bond acceptors (Lipinski definition) is 2. The van der Waals surface area contributed by atoms with E-state index in [9.17, 15) is 4.79 Å². The van der Waals surface area contributed by atoms with Crippen LogP contribution < -0.4 is 0 Å². The van der Waals surface area contributed by atoms with E-state index in [-0.39, 0.29) is 5.78 Å². The first-order valence-electron chi connectivity index (χ1n) is 3.23. The largest absolute Gasteiger partial charge is 0.333 e. The summed E-state index contributed by atoms with van der Waals surface area (Å²) < 4.78 is 1.59. The fraction of sp³-hybridized carbons (Fsp3) is 0.250. The molecule has 0 bridgehead atoms. The molecule has 0 saturated heterocycles. The summed E-state index contributed by atoms with van der Waals surface area (Å²) >= 11 is 0. The number of ketones is 1. The van der Waals surface area contributed by atoms with Gasteiger partial charge in [-0.15, -0.1) is 0 Å². The smallest absolute Gasteiger partial charge is 0.176 e. The molecule has 0 aliphatic rings. The van der Waals surface area contributed by atoms with Crippen molar-refractivity contribution in [1.82, 2.24) is 4.57 Å². The van der Waals surface area contributed by atoms with Crippen molar-refractivity contribution in [1.29, 1.82) is 5.26 Å². The predicted molar refractivity (Wildman–Crippen MR) is 40.1 cm³/mol. The first-order chi connectivity index (χ1) is 5.16. The fourth-order valence-electron chi connectivity index (χ4n) is 0.977. The number of carbonyl (C=O) groups is 1. The number of nitriles is 1. The molecule has 1 aromatic rings. The SMILES string of the molecule is CC(=O)c1ccc(C#N)n1C. The van der Waals surface area contributed by atoms with Crippen molar-refractivity contribution in [2.45, 2.75) is 6.92 Å². The zero-order valence-corrected chi connectivity index (χ0v) is 6.46. The Morgan fingerprint density at radius 3 is 2.55 bits per heavy atom. The Labute approximate surface area is 64.9 Å². The molecule has 0 spiro atoms. The van der Waals surface area contributed by atoms with E-state index >= 15 is 0 Å². The van der Waals surface area contributed by atoms with Crippen LogP contribution in [0.15, 0.2) is 12.1 Å². The second-order valence-electron chi connectivity index (χ2n) is 2.33. The average Bonchev–Trinajstić information content (AvgIpc) is 2.30. The highest BCUT2D eigenvalue weighted by molar-refractivity contribution is 5.92. The normalized spacial score (nSPS) is 9.18. The number of Topliss-reactive ketones (excluding diaryl/α,β-unsaturated/α-hetero) is 1. The number of rotatable bonds is 1. The third-order valence-corrected chi connectivity index (χ3v) is 1.60. The number of carbonyl (C=O) groups excluding carboxylic acids is 1. The molecular weight excluding hydrogens is 140 g/mol. The maximum atomic E-state index is 10.9. The van der Waals surface area contributed by atoms with E-state index in [2.05, 4.69) is 0 Å². The van der Waals surface area contributed by atoms with Gasteiger partial charge < -0.3 is 4.57 Å². The van der Waals surface area contributed by atoms with Crippen LogP contribution in [0.2, 0.25) is 0 Å². The van der Waals surface area contributed by atoms with E-state index < -0.39 is 0 Å². The van der Waals surface area contributed by atoms with E-state index in [1.54, 1.807) is 23.7 Å². The van der Waals surface area contributed by atoms with Crippen molar-refractivity contribution >= 4 is 5.78 Å². The molecule has 1 aromatic heterocycles. The standard InChI is InChI=1S/C8H8N2O/c1-6(11)8-4-3-7(5-9)10(8)2/h3-4H,1-2H3. The van der Waals surface area contributed by atoms with E-state index in [4.69, 9.17) is 5.26 Å². The molecule has 0 aliphatic carbocycles. The van der Waals surface area contributed by atoms with Crippen LogP contribution in [0.3, 0.4) is 0 Å². The molecule has 3 nitrogen and oxygen atoms in total. The van der Waals surface area contributed by atoms with Gasteiger partial charge in [-0.2, -0.15) is 5.26 Å². The van der Waals surface area contributed by atoms with Crippen LogP contribution in [0.25, 0.3) is 0 Å². The minimum Gasteiger partial charge on any atom is -0.333 e. The molecule has 0 fully saturated rings. The van der Waals surface area contributed by atoms with Crippen molar-refractivity contribution in [3.63, 3.8) is 0 Å². The van der Waals surface area contributed by atoms with Gasteiger partial charge in [-0.25, -0.2) is 0 Å². The Hall–Kier alpha value is -1.56. The molecule has 0 amide bonds. The molecule has 3 heteroatoms.